The molecule has 3 aromatic rings. The second-order valence-electron chi connectivity index (χ2n) is 7.43. The topological polar surface area (TPSA) is 60.9 Å². The first-order chi connectivity index (χ1) is 14.6. The number of aromatic nitrogens is 1. The lowest BCUT2D eigenvalue weighted by atomic mass is 9.98. The van der Waals surface area contributed by atoms with Gasteiger partial charge in [-0.1, -0.05) is 12.1 Å². The van der Waals surface area contributed by atoms with Gasteiger partial charge in [-0.3, -0.25) is 14.7 Å². The number of ether oxygens (including phenoxy) is 3. The summed E-state index contributed by atoms with van der Waals surface area (Å²) in [6, 6.07) is 10.9. The molecule has 0 atom stereocenters. The first kappa shape index (κ1) is 20.2. The maximum absolute atomic E-state index is 13.3. The molecule has 1 fully saturated rings. The summed E-state index contributed by atoms with van der Waals surface area (Å²) in [5.41, 5.74) is 2.00. The molecule has 1 aromatic heterocycles. The number of methoxy groups -OCH3 is 3. The summed E-state index contributed by atoms with van der Waals surface area (Å²) >= 11 is 0. The van der Waals surface area contributed by atoms with Crippen molar-refractivity contribution in [2.75, 3.05) is 34.4 Å². The number of carbonyl (C=O) groups excluding carboxylic acids is 1. The SMILES string of the molecule is COc1cccc(C(=O)c2ncc(CN3CCCC3)c3cc(OC)c(OC)cc23)c1. The predicted molar refractivity (Wildman–Crippen MR) is 116 cm³/mol. The molecular weight excluding hydrogens is 380 g/mol. The van der Waals surface area contributed by atoms with E-state index >= 15 is 0 Å². The zero-order chi connectivity index (χ0) is 21.1. The molecule has 0 saturated carbocycles. The third kappa shape index (κ3) is 3.83. The van der Waals surface area contributed by atoms with Gasteiger partial charge in [0.15, 0.2) is 11.5 Å². The van der Waals surface area contributed by atoms with E-state index in [1.165, 1.54) is 12.8 Å². The van der Waals surface area contributed by atoms with Crippen LogP contribution < -0.4 is 14.2 Å². The minimum absolute atomic E-state index is 0.154. The minimum Gasteiger partial charge on any atom is -0.497 e. The third-order valence-electron chi connectivity index (χ3n) is 5.61. The van der Waals surface area contributed by atoms with Crippen LogP contribution in [-0.4, -0.2) is 50.1 Å². The van der Waals surface area contributed by atoms with Crippen LogP contribution in [0.25, 0.3) is 10.8 Å². The molecule has 4 rings (SSSR count). The van der Waals surface area contributed by atoms with Crippen molar-refractivity contribution in [3.8, 4) is 17.2 Å². The molecule has 0 amide bonds. The van der Waals surface area contributed by atoms with Crippen LogP contribution in [0.5, 0.6) is 17.2 Å². The van der Waals surface area contributed by atoms with Crippen molar-refractivity contribution >= 4 is 16.6 Å². The van der Waals surface area contributed by atoms with E-state index < -0.39 is 0 Å². The van der Waals surface area contributed by atoms with E-state index in [4.69, 9.17) is 14.2 Å². The fourth-order valence-electron chi connectivity index (χ4n) is 4.01. The molecular formula is C24H26N2O4. The zero-order valence-corrected chi connectivity index (χ0v) is 17.6. The van der Waals surface area contributed by atoms with Crippen molar-refractivity contribution in [1.82, 2.24) is 9.88 Å². The second kappa shape index (κ2) is 8.71. The van der Waals surface area contributed by atoms with Gasteiger partial charge in [0.25, 0.3) is 0 Å². The van der Waals surface area contributed by atoms with E-state index in [2.05, 4.69) is 9.88 Å². The summed E-state index contributed by atoms with van der Waals surface area (Å²) in [7, 11) is 4.80. The fourth-order valence-corrected chi connectivity index (χ4v) is 4.01. The monoisotopic (exact) mass is 406 g/mol. The van der Waals surface area contributed by atoms with Crippen LogP contribution in [0.15, 0.2) is 42.6 Å². The van der Waals surface area contributed by atoms with Crippen molar-refractivity contribution in [1.29, 1.82) is 0 Å². The van der Waals surface area contributed by atoms with Gasteiger partial charge in [-0.2, -0.15) is 0 Å². The van der Waals surface area contributed by atoms with Crippen LogP contribution >= 0.6 is 0 Å². The Balaban J connectivity index is 1.85. The van der Waals surface area contributed by atoms with Crippen LogP contribution in [0.3, 0.4) is 0 Å². The predicted octanol–water partition coefficient (Wildman–Crippen LogP) is 4.09. The number of nitrogens with zero attached hydrogens (tertiary/aromatic N) is 2. The molecule has 0 N–H and O–H groups in total. The van der Waals surface area contributed by atoms with Crippen molar-refractivity contribution in [3.63, 3.8) is 0 Å². The molecule has 6 nitrogen and oxygen atoms in total. The number of carbonyl (C=O) groups is 1. The molecule has 156 valence electrons. The Morgan fingerprint density at radius 3 is 2.33 bits per heavy atom. The lowest BCUT2D eigenvalue weighted by molar-refractivity contribution is 0.103. The number of benzene rings is 2. The molecule has 0 unspecified atom stereocenters. The Kier molecular flexibility index (Phi) is 5.86. The van der Waals surface area contributed by atoms with Crippen molar-refractivity contribution in [2.24, 2.45) is 0 Å². The van der Waals surface area contributed by atoms with E-state index in [0.717, 1.165) is 36.0 Å². The number of ketones is 1. The normalized spacial score (nSPS) is 14.1. The lowest BCUT2D eigenvalue weighted by Gasteiger charge is -2.18. The molecule has 0 bridgehead atoms. The summed E-state index contributed by atoms with van der Waals surface area (Å²) in [4.78, 5) is 20.3. The van der Waals surface area contributed by atoms with Crippen LogP contribution in [0.4, 0.5) is 0 Å². The summed E-state index contributed by atoms with van der Waals surface area (Å²) in [5.74, 6) is 1.69. The lowest BCUT2D eigenvalue weighted by Crippen LogP contribution is -2.19. The van der Waals surface area contributed by atoms with E-state index in [0.29, 0.717) is 28.5 Å². The van der Waals surface area contributed by atoms with Gasteiger partial charge in [0, 0.05) is 23.7 Å². The van der Waals surface area contributed by atoms with Crippen LogP contribution in [-0.2, 0) is 6.54 Å². The number of rotatable bonds is 7. The Labute approximate surface area is 176 Å². The van der Waals surface area contributed by atoms with Gasteiger partial charge in [-0.05, 0) is 61.1 Å². The maximum Gasteiger partial charge on any atom is 0.212 e. The standard InChI is InChI=1S/C24H26N2O4/c1-28-18-8-6-7-16(11-18)24(27)23-20-13-22(30-3)21(29-2)12-19(20)17(14-25-23)15-26-9-4-5-10-26/h6-8,11-14H,4-5,9-10,15H2,1-3H3. The molecule has 1 aliphatic heterocycles. The summed E-state index contributed by atoms with van der Waals surface area (Å²) in [5, 5.41) is 1.72. The highest BCUT2D eigenvalue weighted by Gasteiger charge is 2.21. The number of pyridine rings is 1. The Bertz CT molecular complexity index is 1070. The molecule has 6 heteroatoms. The highest BCUT2D eigenvalue weighted by Crippen LogP contribution is 2.36. The van der Waals surface area contributed by atoms with Gasteiger partial charge in [-0.25, -0.2) is 0 Å². The van der Waals surface area contributed by atoms with Crippen LogP contribution in [0, 0.1) is 0 Å². The molecule has 2 heterocycles. The number of fused-ring (bicyclic) bond motifs is 1. The molecule has 30 heavy (non-hydrogen) atoms. The molecule has 0 radical (unpaired) electrons. The highest BCUT2D eigenvalue weighted by atomic mass is 16.5. The quantitative estimate of drug-likeness (QED) is 0.551. The first-order valence-corrected chi connectivity index (χ1v) is 10.1. The summed E-state index contributed by atoms with van der Waals surface area (Å²) in [6.07, 6.45) is 4.25. The van der Waals surface area contributed by atoms with Gasteiger partial charge in [-0.15, -0.1) is 0 Å². The van der Waals surface area contributed by atoms with E-state index in [1.54, 1.807) is 39.5 Å². The van der Waals surface area contributed by atoms with E-state index in [-0.39, 0.29) is 5.78 Å². The van der Waals surface area contributed by atoms with Crippen LogP contribution in [0.2, 0.25) is 0 Å². The van der Waals surface area contributed by atoms with Crippen molar-refractivity contribution < 1.29 is 19.0 Å². The largest absolute Gasteiger partial charge is 0.497 e. The molecule has 1 aliphatic rings. The van der Waals surface area contributed by atoms with Crippen molar-refractivity contribution in [2.45, 2.75) is 19.4 Å². The average molecular weight is 406 g/mol. The van der Waals surface area contributed by atoms with Gasteiger partial charge in [0.2, 0.25) is 5.78 Å². The Hall–Kier alpha value is -3.12. The summed E-state index contributed by atoms with van der Waals surface area (Å²) in [6.45, 7) is 2.96. The number of hydrogen-bond acceptors (Lipinski definition) is 6. The van der Waals surface area contributed by atoms with Gasteiger partial charge in [0.1, 0.15) is 11.4 Å². The summed E-state index contributed by atoms with van der Waals surface area (Å²) < 4.78 is 16.3. The minimum atomic E-state index is -0.154. The zero-order valence-electron chi connectivity index (χ0n) is 17.6. The average Bonchev–Trinajstić information content (AvgIpc) is 3.31. The molecule has 2 aromatic carbocycles. The third-order valence-corrected chi connectivity index (χ3v) is 5.61. The van der Waals surface area contributed by atoms with Gasteiger partial charge >= 0.3 is 0 Å². The molecule has 1 saturated heterocycles. The Morgan fingerprint density at radius 2 is 1.67 bits per heavy atom. The van der Waals surface area contributed by atoms with Crippen LogP contribution in [0.1, 0.15) is 34.5 Å². The van der Waals surface area contributed by atoms with Crippen molar-refractivity contribution in [3.05, 3.63) is 59.4 Å². The second-order valence-corrected chi connectivity index (χ2v) is 7.43. The maximum atomic E-state index is 13.3. The van der Waals surface area contributed by atoms with E-state index in [9.17, 15) is 4.79 Å². The molecule has 0 spiro atoms. The number of likely N-dealkylation sites (tertiary alicyclic amines) is 1. The highest BCUT2D eigenvalue weighted by molar-refractivity contribution is 6.15. The first-order valence-electron chi connectivity index (χ1n) is 10.1. The smallest absolute Gasteiger partial charge is 0.212 e. The number of hydrogen-bond donors (Lipinski definition) is 0. The fraction of sp³-hybridized carbons (Fsp3) is 0.333. The Morgan fingerprint density at radius 1 is 0.967 bits per heavy atom. The van der Waals surface area contributed by atoms with Gasteiger partial charge < -0.3 is 14.2 Å². The molecule has 0 aliphatic carbocycles. The van der Waals surface area contributed by atoms with Gasteiger partial charge in [0.05, 0.1) is 21.3 Å². The van der Waals surface area contributed by atoms with E-state index in [1.807, 2.05) is 24.4 Å².